The number of ether oxygens (including phenoxy) is 1. The molecule has 4 heteroatoms. The highest BCUT2D eigenvalue weighted by Gasteiger charge is 2.10. The van der Waals surface area contributed by atoms with Crippen molar-refractivity contribution < 1.29 is 9.53 Å². The highest BCUT2D eigenvalue weighted by molar-refractivity contribution is 5.78. The SMILES string of the molecule is COc1ccc(CCn2nc(C)c(C=O)c2C)cc1. The van der Waals surface area contributed by atoms with Gasteiger partial charge in [-0.1, -0.05) is 12.1 Å². The normalized spacial score (nSPS) is 10.5. The Kier molecular flexibility index (Phi) is 4.00. The van der Waals surface area contributed by atoms with Crippen molar-refractivity contribution >= 4 is 6.29 Å². The van der Waals surface area contributed by atoms with Crippen LogP contribution in [0.15, 0.2) is 24.3 Å². The minimum absolute atomic E-state index is 0.703. The lowest BCUT2D eigenvalue weighted by Crippen LogP contribution is -2.05. The molecule has 0 spiro atoms. The number of carbonyl (C=O) groups is 1. The van der Waals surface area contributed by atoms with Crippen LogP contribution >= 0.6 is 0 Å². The van der Waals surface area contributed by atoms with Gasteiger partial charge in [0.2, 0.25) is 0 Å². The summed E-state index contributed by atoms with van der Waals surface area (Å²) in [6, 6.07) is 8.00. The summed E-state index contributed by atoms with van der Waals surface area (Å²) in [6.07, 6.45) is 1.76. The maximum Gasteiger partial charge on any atom is 0.153 e. The van der Waals surface area contributed by atoms with E-state index < -0.39 is 0 Å². The molecule has 2 aromatic rings. The van der Waals surface area contributed by atoms with E-state index in [-0.39, 0.29) is 0 Å². The van der Waals surface area contributed by atoms with Crippen LogP contribution in [0.2, 0.25) is 0 Å². The minimum atomic E-state index is 0.703. The third kappa shape index (κ3) is 2.84. The number of benzene rings is 1. The van der Waals surface area contributed by atoms with Gasteiger partial charge in [-0.2, -0.15) is 5.10 Å². The second-order valence-corrected chi connectivity index (χ2v) is 4.52. The van der Waals surface area contributed by atoms with Crippen LogP contribution in [0.4, 0.5) is 0 Å². The fraction of sp³-hybridized carbons (Fsp3) is 0.333. The van der Waals surface area contributed by atoms with E-state index in [2.05, 4.69) is 5.10 Å². The summed E-state index contributed by atoms with van der Waals surface area (Å²) >= 11 is 0. The smallest absolute Gasteiger partial charge is 0.153 e. The molecular weight excluding hydrogens is 240 g/mol. The largest absolute Gasteiger partial charge is 0.497 e. The van der Waals surface area contributed by atoms with E-state index in [1.807, 2.05) is 42.8 Å². The molecular formula is C15H18N2O2. The predicted molar refractivity (Wildman–Crippen MR) is 73.8 cm³/mol. The van der Waals surface area contributed by atoms with Crippen molar-refractivity contribution in [3.63, 3.8) is 0 Å². The molecule has 0 atom stereocenters. The molecule has 0 saturated carbocycles. The van der Waals surface area contributed by atoms with Crippen LogP contribution in [0.3, 0.4) is 0 Å². The number of nitrogens with zero attached hydrogens (tertiary/aromatic N) is 2. The average molecular weight is 258 g/mol. The third-order valence-corrected chi connectivity index (χ3v) is 3.33. The number of hydrogen-bond acceptors (Lipinski definition) is 3. The summed E-state index contributed by atoms with van der Waals surface area (Å²) in [5, 5.41) is 4.39. The Hall–Kier alpha value is -2.10. The number of hydrogen-bond donors (Lipinski definition) is 0. The highest BCUT2D eigenvalue weighted by atomic mass is 16.5. The molecule has 0 bridgehead atoms. The van der Waals surface area contributed by atoms with Crippen molar-refractivity contribution in [2.45, 2.75) is 26.8 Å². The molecule has 0 aliphatic heterocycles. The third-order valence-electron chi connectivity index (χ3n) is 3.33. The van der Waals surface area contributed by atoms with Crippen molar-refractivity contribution in [2.24, 2.45) is 0 Å². The Morgan fingerprint density at radius 2 is 1.95 bits per heavy atom. The molecule has 1 heterocycles. The number of aromatic nitrogens is 2. The standard InChI is InChI=1S/C15H18N2O2/c1-11-15(10-18)12(2)17(16-11)9-8-13-4-6-14(19-3)7-5-13/h4-7,10H,8-9H2,1-3H3. The van der Waals surface area contributed by atoms with Gasteiger partial charge >= 0.3 is 0 Å². The van der Waals surface area contributed by atoms with Crippen LogP contribution in [0.1, 0.15) is 27.3 Å². The molecule has 0 amide bonds. The Morgan fingerprint density at radius 1 is 1.26 bits per heavy atom. The molecule has 0 N–H and O–H groups in total. The van der Waals surface area contributed by atoms with Gasteiger partial charge in [0.1, 0.15) is 5.75 Å². The van der Waals surface area contributed by atoms with Crippen molar-refractivity contribution in [3.8, 4) is 5.75 Å². The molecule has 19 heavy (non-hydrogen) atoms. The first-order valence-electron chi connectivity index (χ1n) is 6.28. The first-order valence-corrected chi connectivity index (χ1v) is 6.28. The van der Waals surface area contributed by atoms with Crippen LogP contribution in [-0.4, -0.2) is 23.2 Å². The van der Waals surface area contributed by atoms with Gasteiger partial charge in [-0.05, 0) is 38.0 Å². The zero-order chi connectivity index (χ0) is 13.8. The molecule has 0 aliphatic carbocycles. The van der Waals surface area contributed by atoms with Crippen LogP contribution in [0.25, 0.3) is 0 Å². The molecule has 1 aromatic carbocycles. The van der Waals surface area contributed by atoms with Gasteiger partial charge in [-0.15, -0.1) is 0 Å². The van der Waals surface area contributed by atoms with E-state index in [0.29, 0.717) is 5.56 Å². The molecule has 2 rings (SSSR count). The lowest BCUT2D eigenvalue weighted by molar-refractivity contribution is 0.112. The van der Waals surface area contributed by atoms with Gasteiger partial charge in [0.25, 0.3) is 0 Å². The van der Waals surface area contributed by atoms with E-state index in [4.69, 9.17) is 4.74 Å². The number of aryl methyl sites for hydroxylation is 3. The van der Waals surface area contributed by atoms with Gasteiger partial charge in [0.15, 0.2) is 6.29 Å². The van der Waals surface area contributed by atoms with Gasteiger partial charge in [-0.3, -0.25) is 9.48 Å². The van der Waals surface area contributed by atoms with E-state index in [0.717, 1.165) is 36.4 Å². The van der Waals surface area contributed by atoms with Gasteiger partial charge in [0.05, 0.1) is 18.4 Å². The molecule has 100 valence electrons. The molecule has 4 nitrogen and oxygen atoms in total. The lowest BCUT2D eigenvalue weighted by Gasteiger charge is -2.06. The zero-order valence-electron chi connectivity index (χ0n) is 11.5. The molecule has 0 aliphatic rings. The first kappa shape index (κ1) is 13.3. The summed E-state index contributed by atoms with van der Waals surface area (Å²) in [5.41, 5.74) is 3.65. The Labute approximate surface area is 113 Å². The Balaban J connectivity index is 2.07. The lowest BCUT2D eigenvalue weighted by atomic mass is 10.1. The predicted octanol–water partition coefficient (Wildman–Crippen LogP) is 2.56. The minimum Gasteiger partial charge on any atom is -0.497 e. The summed E-state index contributed by atoms with van der Waals surface area (Å²) in [5.74, 6) is 0.859. The van der Waals surface area contributed by atoms with Crippen molar-refractivity contribution in [1.82, 2.24) is 9.78 Å². The van der Waals surface area contributed by atoms with Crippen LogP contribution in [0, 0.1) is 13.8 Å². The fourth-order valence-electron chi connectivity index (χ4n) is 2.13. The second kappa shape index (κ2) is 5.69. The summed E-state index contributed by atoms with van der Waals surface area (Å²) in [6.45, 7) is 4.56. The van der Waals surface area contributed by atoms with Gasteiger partial charge in [0, 0.05) is 12.2 Å². The second-order valence-electron chi connectivity index (χ2n) is 4.52. The van der Waals surface area contributed by atoms with Crippen LogP contribution in [-0.2, 0) is 13.0 Å². The fourth-order valence-corrected chi connectivity index (χ4v) is 2.13. The van der Waals surface area contributed by atoms with Crippen molar-refractivity contribution in [3.05, 3.63) is 46.8 Å². The highest BCUT2D eigenvalue weighted by Crippen LogP contribution is 2.14. The number of methoxy groups -OCH3 is 1. The number of carbonyl (C=O) groups excluding carboxylic acids is 1. The van der Waals surface area contributed by atoms with E-state index >= 15 is 0 Å². The number of rotatable bonds is 5. The zero-order valence-corrected chi connectivity index (χ0v) is 11.5. The van der Waals surface area contributed by atoms with E-state index in [1.54, 1.807) is 7.11 Å². The first-order chi connectivity index (χ1) is 9.15. The molecule has 0 unspecified atom stereocenters. The van der Waals surface area contributed by atoms with Crippen LogP contribution in [0.5, 0.6) is 5.75 Å². The summed E-state index contributed by atoms with van der Waals surface area (Å²) in [4.78, 5) is 10.9. The maximum absolute atomic E-state index is 10.9. The van der Waals surface area contributed by atoms with Crippen molar-refractivity contribution in [2.75, 3.05) is 7.11 Å². The monoisotopic (exact) mass is 258 g/mol. The average Bonchev–Trinajstić information content (AvgIpc) is 2.71. The topological polar surface area (TPSA) is 44.1 Å². The Morgan fingerprint density at radius 3 is 2.47 bits per heavy atom. The van der Waals surface area contributed by atoms with Crippen LogP contribution < -0.4 is 4.74 Å². The van der Waals surface area contributed by atoms with Crippen molar-refractivity contribution in [1.29, 1.82) is 0 Å². The van der Waals surface area contributed by atoms with E-state index in [1.165, 1.54) is 5.56 Å². The summed E-state index contributed by atoms with van der Waals surface area (Å²) < 4.78 is 7.02. The number of aldehydes is 1. The molecule has 0 radical (unpaired) electrons. The Bertz CT molecular complexity index is 571. The molecule has 1 aromatic heterocycles. The van der Waals surface area contributed by atoms with Gasteiger partial charge in [-0.25, -0.2) is 0 Å². The van der Waals surface area contributed by atoms with Gasteiger partial charge < -0.3 is 4.74 Å². The molecule has 0 fully saturated rings. The summed E-state index contributed by atoms with van der Waals surface area (Å²) in [7, 11) is 1.66. The maximum atomic E-state index is 10.9. The van der Waals surface area contributed by atoms with E-state index in [9.17, 15) is 4.79 Å². The quantitative estimate of drug-likeness (QED) is 0.774. The molecule has 0 saturated heterocycles.